The summed E-state index contributed by atoms with van der Waals surface area (Å²) >= 11 is 0. The van der Waals surface area contributed by atoms with E-state index < -0.39 is 5.82 Å². The van der Waals surface area contributed by atoms with Crippen LogP contribution in [0.25, 0.3) is 0 Å². The van der Waals surface area contributed by atoms with Gasteiger partial charge in [-0.3, -0.25) is 4.79 Å². The van der Waals surface area contributed by atoms with Crippen LogP contribution in [0.5, 0.6) is 0 Å². The van der Waals surface area contributed by atoms with Gasteiger partial charge in [-0.2, -0.15) is 0 Å². The number of nitrogens with zero attached hydrogens (tertiary/aromatic N) is 1. The van der Waals surface area contributed by atoms with Crippen molar-refractivity contribution in [2.24, 2.45) is 5.92 Å². The number of fused-ring (bicyclic) bond motifs is 1. The van der Waals surface area contributed by atoms with Crippen molar-refractivity contribution in [3.05, 3.63) is 35.1 Å². The first-order valence-corrected chi connectivity index (χ1v) is 7.74. The Balaban J connectivity index is 1.87. The second-order valence-electron chi connectivity index (χ2n) is 6.24. The lowest BCUT2D eigenvalue weighted by Crippen LogP contribution is -2.49. The van der Waals surface area contributed by atoms with Crippen molar-refractivity contribution in [2.45, 2.75) is 51.5 Å². The van der Waals surface area contributed by atoms with Gasteiger partial charge in [0.15, 0.2) is 0 Å². The molecule has 0 N–H and O–H groups in total. The Morgan fingerprint density at radius 2 is 1.95 bits per heavy atom. The fraction of sp³-hybridized carbons (Fsp3) is 0.588. The Bertz CT molecular complexity index is 512. The van der Waals surface area contributed by atoms with E-state index in [1.165, 1.54) is 31.7 Å². The molecule has 2 fully saturated rings. The van der Waals surface area contributed by atoms with Gasteiger partial charge >= 0.3 is 0 Å². The highest BCUT2D eigenvalue weighted by molar-refractivity contribution is 5.95. The summed E-state index contributed by atoms with van der Waals surface area (Å²) < 4.78 is 14.0. The maximum atomic E-state index is 14.0. The van der Waals surface area contributed by atoms with E-state index in [4.69, 9.17) is 0 Å². The summed E-state index contributed by atoms with van der Waals surface area (Å²) in [6.07, 6.45) is 7.07. The highest BCUT2D eigenvalue weighted by Crippen LogP contribution is 2.36. The van der Waals surface area contributed by atoms with Crippen molar-refractivity contribution in [3.8, 4) is 0 Å². The Labute approximate surface area is 120 Å². The van der Waals surface area contributed by atoms with E-state index in [9.17, 15) is 9.18 Å². The lowest BCUT2D eigenvalue weighted by atomic mass is 9.78. The summed E-state index contributed by atoms with van der Waals surface area (Å²) in [5.74, 6) is 0.135. The molecule has 0 bridgehead atoms. The Hall–Kier alpha value is -1.38. The topological polar surface area (TPSA) is 20.3 Å². The smallest absolute Gasteiger partial charge is 0.257 e. The van der Waals surface area contributed by atoms with Crippen LogP contribution in [-0.2, 0) is 0 Å². The predicted octanol–water partition coefficient (Wildman–Crippen LogP) is 3.93. The molecule has 0 unspecified atom stereocenters. The second-order valence-corrected chi connectivity index (χ2v) is 6.24. The van der Waals surface area contributed by atoms with Crippen LogP contribution >= 0.6 is 0 Å². The highest BCUT2D eigenvalue weighted by Gasteiger charge is 2.36. The van der Waals surface area contributed by atoms with Crippen LogP contribution in [0.2, 0.25) is 0 Å². The minimum atomic E-state index is -0.390. The molecule has 1 saturated carbocycles. The minimum absolute atomic E-state index is 0.109. The number of piperidine rings is 1. The summed E-state index contributed by atoms with van der Waals surface area (Å²) in [6.45, 7) is 2.68. The maximum absolute atomic E-state index is 14.0. The zero-order chi connectivity index (χ0) is 14.1. The van der Waals surface area contributed by atoms with Gasteiger partial charge in [-0.25, -0.2) is 4.39 Å². The van der Waals surface area contributed by atoms with Gasteiger partial charge in [0, 0.05) is 12.6 Å². The summed E-state index contributed by atoms with van der Waals surface area (Å²) in [7, 11) is 0. The summed E-state index contributed by atoms with van der Waals surface area (Å²) in [4.78, 5) is 14.7. The minimum Gasteiger partial charge on any atom is -0.335 e. The van der Waals surface area contributed by atoms with Crippen LogP contribution in [0.3, 0.4) is 0 Å². The van der Waals surface area contributed by atoms with Gasteiger partial charge in [-0.15, -0.1) is 0 Å². The van der Waals surface area contributed by atoms with E-state index in [1.807, 2.05) is 11.8 Å². The van der Waals surface area contributed by atoms with Crippen LogP contribution in [-0.4, -0.2) is 23.4 Å². The van der Waals surface area contributed by atoms with Gasteiger partial charge in [-0.1, -0.05) is 24.5 Å². The molecule has 2 atom stereocenters. The molecule has 0 spiro atoms. The van der Waals surface area contributed by atoms with Crippen LogP contribution in [0.1, 0.15) is 54.4 Å². The van der Waals surface area contributed by atoms with E-state index in [-0.39, 0.29) is 11.5 Å². The van der Waals surface area contributed by atoms with Gasteiger partial charge in [0.1, 0.15) is 5.82 Å². The molecule has 1 aliphatic heterocycles. The first-order valence-electron chi connectivity index (χ1n) is 7.74. The van der Waals surface area contributed by atoms with Crippen molar-refractivity contribution in [3.63, 3.8) is 0 Å². The maximum Gasteiger partial charge on any atom is 0.257 e. The average Bonchev–Trinajstić information content (AvgIpc) is 2.48. The number of hydrogen-bond donors (Lipinski definition) is 0. The average molecular weight is 275 g/mol. The molecule has 1 amide bonds. The Morgan fingerprint density at radius 3 is 2.80 bits per heavy atom. The van der Waals surface area contributed by atoms with Gasteiger partial charge in [0.2, 0.25) is 0 Å². The molecular formula is C17H22FNO. The van der Waals surface area contributed by atoms with Crippen molar-refractivity contribution < 1.29 is 9.18 Å². The molecule has 1 aromatic rings. The fourth-order valence-electron chi connectivity index (χ4n) is 3.83. The van der Waals surface area contributed by atoms with Crippen molar-refractivity contribution in [1.29, 1.82) is 0 Å². The molecule has 1 aliphatic carbocycles. The van der Waals surface area contributed by atoms with E-state index in [2.05, 4.69) is 0 Å². The van der Waals surface area contributed by atoms with E-state index in [0.717, 1.165) is 24.9 Å². The normalized spacial score (nSPS) is 26.2. The molecule has 3 rings (SSSR count). The molecule has 0 aromatic heterocycles. The first kappa shape index (κ1) is 13.6. The zero-order valence-electron chi connectivity index (χ0n) is 12.1. The standard InChI is InChI=1S/C17H22FNO/c1-12-8-9-15(18)14(11-12)17(20)19-10-4-6-13-5-2-3-7-16(13)19/h8-9,11,13,16H,2-7,10H2,1H3/t13-,16-/m1/s1. The predicted molar refractivity (Wildman–Crippen MR) is 77.2 cm³/mol. The summed E-state index contributed by atoms with van der Waals surface area (Å²) in [5, 5.41) is 0. The van der Waals surface area contributed by atoms with E-state index in [0.29, 0.717) is 12.0 Å². The van der Waals surface area contributed by atoms with Crippen molar-refractivity contribution >= 4 is 5.91 Å². The number of aryl methyl sites for hydroxylation is 1. The van der Waals surface area contributed by atoms with Crippen LogP contribution in [0.15, 0.2) is 18.2 Å². The quantitative estimate of drug-likeness (QED) is 0.760. The molecular weight excluding hydrogens is 253 g/mol. The van der Waals surface area contributed by atoms with Gasteiger partial charge in [0.05, 0.1) is 5.56 Å². The fourth-order valence-corrected chi connectivity index (χ4v) is 3.83. The van der Waals surface area contributed by atoms with Crippen LogP contribution < -0.4 is 0 Å². The molecule has 3 heteroatoms. The number of likely N-dealkylation sites (tertiary alicyclic amines) is 1. The number of amides is 1. The van der Waals surface area contributed by atoms with E-state index >= 15 is 0 Å². The Morgan fingerprint density at radius 1 is 1.20 bits per heavy atom. The molecule has 0 radical (unpaired) electrons. The summed E-state index contributed by atoms with van der Waals surface area (Å²) in [5.41, 5.74) is 1.18. The number of carbonyl (C=O) groups is 1. The van der Waals surface area contributed by atoms with Crippen molar-refractivity contribution in [1.82, 2.24) is 4.90 Å². The summed E-state index contributed by atoms with van der Waals surface area (Å²) in [6, 6.07) is 5.14. The molecule has 2 aliphatic rings. The lowest BCUT2D eigenvalue weighted by Gasteiger charge is -2.44. The molecule has 2 nitrogen and oxygen atoms in total. The van der Waals surface area contributed by atoms with E-state index in [1.54, 1.807) is 12.1 Å². The molecule has 20 heavy (non-hydrogen) atoms. The highest BCUT2D eigenvalue weighted by atomic mass is 19.1. The Kier molecular flexibility index (Phi) is 3.77. The molecule has 1 heterocycles. The zero-order valence-corrected chi connectivity index (χ0v) is 12.1. The molecule has 1 saturated heterocycles. The van der Waals surface area contributed by atoms with Gasteiger partial charge in [-0.05, 0) is 50.7 Å². The number of carbonyl (C=O) groups excluding carboxylic acids is 1. The number of benzene rings is 1. The molecule has 108 valence electrons. The lowest BCUT2D eigenvalue weighted by molar-refractivity contribution is 0.0386. The number of rotatable bonds is 1. The third kappa shape index (κ3) is 2.46. The SMILES string of the molecule is Cc1ccc(F)c(C(=O)N2CCC[C@H]3CCCC[C@H]32)c1. The van der Waals surface area contributed by atoms with Crippen LogP contribution in [0.4, 0.5) is 4.39 Å². The third-order valence-electron chi connectivity index (χ3n) is 4.86. The number of halogens is 1. The van der Waals surface area contributed by atoms with Gasteiger partial charge in [0.25, 0.3) is 5.91 Å². The monoisotopic (exact) mass is 275 g/mol. The third-order valence-corrected chi connectivity index (χ3v) is 4.86. The number of hydrogen-bond acceptors (Lipinski definition) is 1. The first-order chi connectivity index (χ1) is 9.66. The van der Waals surface area contributed by atoms with Gasteiger partial charge < -0.3 is 4.90 Å². The van der Waals surface area contributed by atoms with Crippen molar-refractivity contribution in [2.75, 3.05) is 6.54 Å². The largest absolute Gasteiger partial charge is 0.335 e. The second kappa shape index (κ2) is 5.55. The van der Waals surface area contributed by atoms with Crippen LogP contribution in [0, 0.1) is 18.7 Å². The molecule has 1 aromatic carbocycles.